The minimum Gasteiger partial charge on any atom is -0.479 e. The molecule has 0 radical (unpaired) electrons. The van der Waals surface area contributed by atoms with Crippen molar-refractivity contribution < 1.29 is 9.53 Å². The molecule has 0 aliphatic carbocycles. The molecule has 0 saturated carbocycles. The second-order valence-corrected chi connectivity index (χ2v) is 6.76. The minimum atomic E-state index is -0.511. The van der Waals surface area contributed by atoms with Gasteiger partial charge in [-0.2, -0.15) is 0 Å². The number of hydrogen-bond donors (Lipinski definition) is 1. The van der Waals surface area contributed by atoms with Crippen molar-refractivity contribution in [3.05, 3.63) is 28.8 Å². The molecule has 1 atom stereocenters. The van der Waals surface area contributed by atoms with Gasteiger partial charge in [0.15, 0.2) is 6.10 Å². The molecule has 1 N–H and O–H groups in total. The summed E-state index contributed by atoms with van der Waals surface area (Å²) >= 11 is 6.14. The number of carbonyl (C=O) groups is 1. The SMILES string of the molecule is CNCCC1CCN(C(=O)C(C)Oc2cc(C)ccc2Cl)CC1. The molecule has 1 unspecified atom stereocenters. The smallest absolute Gasteiger partial charge is 0.263 e. The van der Waals surface area contributed by atoms with Crippen molar-refractivity contribution in [1.29, 1.82) is 0 Å². The van der Waals surface area contributed by atoms with Gasteiger partial charge in [-0.1, -0.05) is 17.7 Å². The molecule has 5 heteroatoms. The first kappa shape index (κ1) is 18.1. The molecule has 0 aromatic heterocycles. The van der Waals surface area contributed by atoms with Crippen LogP contribution in [0.1, 0.15) is 31.7 Å². The summed E-state index contributed by atoms with van der Waals surface area (Å²) in [6.07, 6.45) is 2.82. The Morgan fingerprint density at radius 1 is 1.43 bits per heavy atom. The average molecular weight is 339 g/mol. The van der Waals surface area contributed by atoms with Crippen molar-refractivity contribution in [2.75, 3.05) is 26.7 Å². The monoisotopic (exact) mass is 338 g/mol. The van der Waals surface area contributed by atoms with Crippen molar-refractivity contribution in [1.82, 2.24) is 10.2 Å². The number of likely N-dealkylation sites (tertiary alicyclic amines) is 1. The predicted octanol–water partition coefficient (Wildman–Crippen LogP) is 3.26. The van der Waals surface area contributed by atoms with Gasteiger partial charge in [-0.25, -0.2) is 0 Å². The van der Waals surface area contributed by atoms with Crippen LogP contribution in [0.3, 0.4) is 0 Å². The molecule has 128 valence electrons. The number of ether oxygens (including phenoxy) is 1. The van der Waals surface area contributed by atoms with Crippen molar-refractivity contribution >= 4 is 17.5 Å². The van der Waals surface area contributed by atoms with E-state index in [4.69, 9.17) is 16.3 Å². The number of hydrogen-bond acceptors (Lipinski definition) is 3. The van der Waals surface area contributed by atoms with Gasteiger partial charge in [-0.3, -0.25) is 4.79 Å². The lowest BCUT2D eigenvalue weighted by atomic mass is 9.93. The average Bonchev–Trinajstić information content (AvgIpc) is 2.56. The molecular formula is C18H27ClN2O2. The summed E-state index contributed by atoms with van der Waals surface area (Å²) in [4.78, 5) is 14.5. The molecule has 2 rings (SSSR count). The number of nitrogens with one attached hydrogen (secondary N) is 1. The van der Waals surface area contributed by atoms with E-state index < -0.39 is 6.10 Å². The summed E-state index contributed by atoms with van der Waals surface area (Å²) in [5.74, 6) is 1.35. The van der Waals surface area contributed by atoms with Gasteiger partial charge in [0.1, 0.15) is 5.75 Å². The second kappa shape index (κ2) is 8.55. The fourth-order valence-electron chi connectivity index (χ4n) is 2.99. The van der Waals surface area contributed by atoms with Crippen LogP contribution in [0, 0.1) is 12.8 Å². The predicted molar refractivity (Wildman–Crippen MR) is 94.1 cm³/mol. The van der Waals surface area contributed by atoms with Crippen LogP contribution in [0.4, 0.5) is 0 Å². The highest BCUT2D eigenvalue weighted by atomic mass is 35.5. The molecule has 0 bridgehead atoms. The lowest BCUT2D eigenvalue weighted by Crippen LogP contribution is -2.45. The largest absolute Gasteiger partial charge is 0.479 e. The molecule has 23 heavy (non-hydrogen) atoms. The highest BCUT2D eigenvalue weighted by molar-refractivity contribution is 6.32. The van der Waals surface area contributed by atoms with Crippen LogP contribution in [0.25, 0.3) is 0 Å². The van der Waals surface area contributed by atoms with Gasteiger partial charge in [-0.15, -0.1) is 0 Å². The first-order valence-electron chi connectivity index (χ1n) is 8.37. The van der Waals surface area contributed by atoms with Crippen molar-refractivity contribution in [3.63, 3.8) is 0 Å². The van der Waals surface area contributed by atoms with E-state index in [0.717, 1.165) is 38.0 Å². The Hall–Kier alpha value is -1.26. The Balaban J connectivity index is 1.87. The van der Waals surface area contributed by atoms with Crippen LogP contribution < -0.4 is 10.1 Å². The third-order valence-corrected chi connectivity index (χ3v) is 4.78. The number of amides is 1. The van der Waals surface area contributed by atoms with Crippen molar-refractivity contribution in [3.8, 4) is 5.75 Å². The highest BCUT2D eigenvalue weighted by Gasteiger charge is 2.27. The topological polar surface area (TPSA) is 41.6 Å². The fourth-order valence-corrected chi connectivity index (χ4v) is 3.15. The molecule has 1 saturated heterocycles. The number of aryl methyl sites for hydroxylation is 1. The van der Waals surface area contributed by atoms with E-state index in [1.807, 2.05) is 31.0 Å². The summed E-state index contributed by atoms with van der Waals surface area (Å²) < 4.78 is 5.80. The maximum absolute atomic E-state index is 12.6. The van der Waals surface area contributed by atoms with E-state index >= 15 is 0 Å². The Morgan fingerprint density at radius 2 is 2.13 bits per heavy atom. The van der Waals surface area contributed by atoms with Gasteiger partial charge in [-0.05, 0) is 70.3 Å². The molecule has 1 aliphatic rings. The molecule has 4 nitrogen and oxygen atoms in total. The van der Waals surface area contributed by atoms with E-state index in [1.54, 1.807) is 13.0 Å². The van der Waals surface area contributed by atoms with Crippen LogP contribution >= 0.6 is 11.6 Å². The first-order chi connectivity index (χ1) is 11.0. The number of nitrogens with zero attached hydrogens (tertiary/aromatic N) is 1. The summed E-state index contributed by atoms with van der Waals surface area (Å²) in [7, 11) is 1.98. The molecule has 0 spiro atoms. The summed E-state index contributed by atoms with van der Waals surface area (Å²) in [5.41, 5.74) is 1.06. The quantitative estimate of drug-likeness (QED) is 0.865. The number of piperidine rings is 1. The maximum Gasteiger partial charge on any atom is 0.263 e. The molecule has 1 aromatic carbocycles. The molecular weight excluding hydrogens is 312 g/mol. The first-order valence-corrected chi connectivity index (χ1v) is 8.75. The number of carbonyl (C=O) groups excluding carboxylic acids is 1. The Kier molecular flexibility index (Phi) is 6.72. The van der Waals surface area contributed by atoms with Gasteiger partial charge in [0.25, 0.3) is 5.91 Å². The lowest BCUT2D eigenvalue weighted by molar-refractivity contribution is -0.139. The van der Waals surface area contributed by atoms with E-state index in [9.17, 15) is 4.79 Å². The zero-order valence-electron chi connectivity index (χ0n) is 14.3. The zero-order chi connectivity index (χ0) is 16.8. The van der Waals surface area contributed by atoms with Crippen molar-refractivity contribution in [2.24, 2.45) is 5.92 Å². The zero-order valence-corrected chi connectivity index (χ0v) is 15.0. The summed E-state index contributed by atoms with van der Waals surface area (Å²) in [6.45, 7) is 6.47. The lowest BCUT2D eigenvalue weighted by Gasteiger charge is -2.33. The highest BCUT2D eigenvalue weighted by Crippen LogP contribution is 2.27. The molecule has 1 amide bonds. The Labute approximate surface area is 144 Å². The van der Waals surface area contributed by atoms with Crippen LogP contribution in [-0.4, -0.2) is 43.6 Å². The summed E-state index contributed by atoms with van der Waals surface area (Å²) in [6, 6.07) is 5.60. The van der Waals surface area contributed by atoms with Gasteiger partial charge in [0, 0.05) is 13.1 Å². The molecule has 1 aliphatic heterocycles. The van der Waals surface area contributed by atoms with Crippen LogP contribution in [0.5, 0.6) is 5.75 Å². The fraction of sp³-hybridized carbons (Fsp3) is 0.611. The van der Waals surface area contributed by atoms with Gasteiger partial charge < -0.3 is 15.0 Å². The van der Waals surface area contributed by atoms with Crippen LogP contribution in [-0.2, 0) is 4.79 Å². The van der Waals surface area contributed by atoms with Gasteiger partial charge in [0.2, 0.25) is 0 Å². The molecule has 1 fully saturated rings. The van der Waals surface area contributed by atoms with E-state index in [1.165, 1.54) is 6.42 Å². The molecule has 1 heterocycles. The van der Waals surface area contributed by atoms with E-state index in [2.05, 4.69) is 5.32 Å². The van der Waals surface area contributed by atoms with Crippen LogP contribution in [0.2, 0.25) is 5.02 Å². The van der Waals surface area contributed by atoms with Crippen LogP contribution in [0.15, 0.2) is 18.2 Å². The Bertz CT molecular complexity index is 528. The third kappa shape index (κ3) is 5.11. The number of rotatable bonds is 6. The second-order valence-electron chi connectivity index (χ2n) is 6.35. The van der Waals surface area contributed by atoms with Gasteiger partial charge in [0.05, 0.1) is 5.02 Å². The molecule has 1 aromatic rings. The van der Waals surface area contributed by atoms with Gasteiger partial charge >= 0.3 is 0 Å². The van der Waals surface area contributed by atoms with E-state index in [0.29, 0.717) is 16.7 Å². The third-order valence-electron chi connectivity index (χ3n) is 4.47. The maximum atomic E-state index is 12.6. The van der Waals surface area contributed by atoms with E-state index in [-0.39, 0.29) is 5.91 Å². The normalized spacial score (nSPS) is 17.1. The number of halogens is 1. The van der Waals surface area contributed by atoms with Crippen molar-refractivity contribution in [2.45, 2.75) is 39.2 Å². The minimum absolute atomic E-state index is 0.0506. The number of benzene rings is 1. The standard InChI is InChI=1S/C18H27ClN2O2/c1-13-4-5-16(19)17(12-13)23-14(2)18(22)21-10-7-15(8-11-21)6-9-20-3/h4-5,12,14-15,20H,6-11H2,1-3H3. The Morgan fingerprint density at radius 3 is 2.78 bits per heavy atom. The summed E-state index contributed by atoms with van der Waals surface area (Å²) in [5, 5.41) is 3.73.